The smallest absolute Gasteiger partial charge is 0.286 e. The third-order valence-corrected chi connectivity index (χ3v) is 5.60. The van der Waals surface area contributed by atoms with Crippen molar-refractivity contribution in [3.8, 4) is 5.75 Å². The Morgan fingerprint density at radius 3 is 2.67 bits per heavy atom. The molecule has 2 amide bonds. The van der Waals surface area contributed by atoms with Gasteiger partial charge >= 0.3 is 0 Å². The normalized spacial score (nSPS) is 10.6. The highest BCUT2D eigenvalue weighted by Crippen LogP contribution is 2.19. The second-order valence-electron chi connectivity index (χ2n) is 6.86. The number of amides is 2. The van der Waals surface area contributed by atoms with Crippen LogP contribution in [0.2, 0.25) is 5.02 Å². The molecule has 0 radical (unpaired) electrons. The minimum absolute atomic E-state index is 0.181. The lowest BCUT2D eigenvalue weighted by atomic mass is 10.2. The Bertz CT molecular complexity index is 1230. The fourth-order valence-corrected chi connectivity index (χ4v) is 3.63. The minimum atomic E-state index is -0.416. The SMILES string of the molecule is O=C(NCCc1ccco1)c1cccc(NC(=O)c2nnc(COc3ccc(Cl)cc3)s2)c1. The number of carbonyl (C=O) groups is 2. The van der Waals surface area contributed by atoms with E-state index >= 15 is 0 Å². The van der Waals surface area contributed by atoms with Gasteiger partial charge in [-0.25, -0.2) is 0 Å². The average Bonchev–Trinajstić information content (AvgIpc) is 3.51. The number of rotatable bonds is 9. The summed E-state index contributed by atoms with van der Waals surface area (Å²) in [7, 11) is 0. The van der Waals surface area contributed by atoms with E-state index in [9.17, 15) is 9.59 Å². The summed E-state index contributed by atoms with van der Waals surface area (Å²) >= 11 is 6.99. The molecule has 168 valence electrons. The van der Waals surface area contributed by atoms with Crippen LogP contribution in [0, 0.1) is 0 Å². The lowest BCUT2D eigenvalue weighted by molar-refractivity contribution is 0.0952. The molecule has 10 heteroatoms. The molecular weight excluding hydrogens is 464 g/mol. The summed E-state index contributed by atoms with van der Waals surface area (Å²) in [6.07, 6.45) is 2.19. The van der Waals surface area contributed by atoms with Crippen LogP contribution in [0.4, 0.5) is 5.69 Å². The molecule has 8 nitrogen and oxygen atoms in total. The number of furan rings is 1. The molecule has 0 bridgehead atoms. The van der Waals surface area contributed by atoms with E-state index in [4.69, 9.17) is 20.8 Å². The number of aromatic nitrogens is 2. The topological polar surface area (TPSA) is 106 Å². The molecule has 0 spiro atoms. The maximum atomic E-state index is 12.6. The fourth-order valence-electron chi connectivity index (χ4n) is 2.86. The zero-order valence-electron chi connectivity index (χ0n) is 17.3. The average molecular weight is 483 g/mol. The van der Waals surface area contributed by atoms with Crippen molar-refractivity contribution in [2.45, 2.75) is 13.0 Å². The van der Waals surface area contributed by atoms with Gasteiger partial charge in [0.1, 0.15) is 18.1 Å². The minimum Gasteiger partial charge on any atom is -0.486 e. The number of nitrogens with zero attached hydrogens (tertiary/aromatic N) is 2. The van der Waals surface area contributed by atoms with Crippen molar-refractivity contribution in [3.63, 3.8) is 0 Å². The number of benzene rings is 2. The van der Waals surface area contributed by atoms with Gasteiger partial charge in [-0.1, -0.05) is 29.0 Å². The first kappa shape index (κ1) is 22.5. The zero-order valence-corrected chi connectivity index (χ0v) is 18.9. The van der Waals surface area contributed by atoms with E-state index in [1.807, 2.05) is 6.07 Å². The largest absolute Gasteiger partial charge is 0.486 e. The number of halogens is 1. The molecule has 4 aromatic rings. The summed E-state index contributed by atoms with van der Waals surface area (Å²) in [4.78, 5) is 25.0. The summed E-state index contributed by atoms with van der Waals surface area (Å²) in [5, 5.41) is 14.9. The third-order valence-electron chi connectivity index (χ3n) is 4.46. The highest BCUT2D eigenvalue weighted by Gasteiger charge is 2.15. The second kappa shape index (κ2) is 10.8. The number of carbonyl (C=O) groups excluding carboxylic acids is 2. The molecule has 2 N–H and O–H groups in total. The van der Waals surface area contributed by atoms with Gasteiger partial charge in [-0.05, 0) is 54.6 Å². The highest BCUT2D eigenvalue weighted by atomic mass is 35.5. The number of hydrogen-bond acceptors (Lipinski definition) is 7. The van der Waals surface area contributed by atoms with Gasteiger partial charge in [-0.2, -0.15) is 0 Å². The van der Waals surface area contributed by atoms with Gasteiger partial charge in [-0.3, -0.25) is 9.59 Å². The molecule has 0 fully saturated rings. The Labute approximate surface area is 198 Å². The quantitative estimate of drug-likeness (QED) is 0.361. The van der Waals surface area contributed by atoms with E-state index in [1.54, 1.807) is 60.9 Å². The van der Waals surface area contributed by atoms with Crippen molar-refractivity contribution in [2.24, 2.45) is 0 Å². The van der Waals surface area contributed by atoms with Crippen molar-refractivity contribution in [1.82, 2.24) is 15.5 Å². The van der Waals surface area contributed by atoms with Crippen molar-refractivity contribution in [2.75, 3.05) is 11.9 Å². The van der Waals surface area contributed by atoms with Gasteiger partial charge in [0.15, 0.2) is 5.01 Å². The van der Waals surface area contributed by atoms with E-state index in [0.717, 1.165) is 17.1 Å². The van der Waals surface area contributed by atoms with Crippen molar-refractivity contribution in [3.05, 3.63) is 93.3 Å². The van der Waals surface area contributed by atoms with E-state index in [1.165, 1.54) is 0 Å². The fraction of sp³-hybridized carbons (Fsp3) is 0.130. The lowest BCUT2D eigenvalue weighted by Crippen LogP contribution is -2.25. The first-order valence-corrected chi connectivity index (χ1v) is 11.2. The number of hydrogen-bond donors (Lipinski definition) is 2. The zero-order chi connectivity index (χ0) is 23.0. The molecule has 0 unspecified atom stereocenters. The van der Waals surface area contributed by atoms with Crippen LogP contribution in [0.1, 0.15) is 30.9 Å². The maximum Gasteiger partial charge on any atom is 0.286 e. The molecule has 33 heavy (non-hydrogen) atoms. The van der Waals surface area contributed by atoms with Gasteiger partial charge in [-0.15, -0.1) is 10.2 Å². The van der Waals surface area contributed by atoms with E-state index < -0.39 is 5.91 Å². The van der Waals surface area contributed by atoms with Crippen LogP contribution in [0.5, 0.6) is 5.75 Å². The number of anilines is 1. The predicted molar refractivity (Wildman–Crippen MR) is 125 cm³/mol. The van der Waals surface area contributed by atoms with Gasteiger partial charge in [0.25, 0.3) is 11.8 Å². The van der Waals surface area contributed by atoms with E-state index in [2.05, 4.69) is 20.8 Å². The van der Waals surface area contributed by atoms with Crippen molar-refractivity contribution < 1.29 is 18.7 Å². The molecule has 0 saturated heterocycles. The lowest BCUT2D eigenvalue weighted by Gasteiger charge is -2.07. The molecule has 2 aromatic carbocycles. The van der Waals surface area contributed by atoms with Crippen LogP contribution in [-0.4, -0.2) is 28.6 Å². The summed E-state index contributed by atoms with van der Waals surface area (Å²) < 4.78 is 10.9. The Morgan fingerprint density at radius 1 is 1.03 bits per heavy atom. The van der Waals surface area contributed by atoms with Gasteiger partial charge in [0.2, 0.25) is 5.01 Å². The molecule has 2 aromatic heterocycles. The van der Waals surface area contributed by atoms with E-state index in [-0.39, 0.29) is 17.5 Å². The van der Waals surface area contributed by atoms with Gasteiger partial charge in [0.05, 0.1) is 6.26 Å². The van der Waals surface area contributed by atoms with Crippen LogP contribution >= 0.6 is 22.9 Å². The Kier molecular flexibility index (Phi) is 7.33. The summed E-state index contributed by atoms with van der Waals surface area (Å²) in [6.45, 7) is 0.620. The summed E-state index contributed by atoms with van der Waals surface area (Å²) in [6, 6.07) is 17.3. The summed E-state index contributed by atoms with van der Waals surface area (Å²) in [5.41, 5.74) is 0.911. The van der Waals surface area contributed by atoms with Crippen LogP contribution < -0.4 is 15.4 Å². The first-order chi connectivity index (χ1) is 16.1. The van der Waals surface area contributed by atoms with Crippen molar-refractivity contribution >= 4 is 40.4 Å². The Hall–Kier alpha value is -3.69. The molecule has 0 aliphatic carbocycles. The van der Waals surface area contributed by atoms with Crippen LogP contribution in [0.25, 0.3) is 0 Å². The molecule has 4 rings (SSSR count). The third kappa shape index (κ3) is 6.41. The van der Waals surface area contributed by atoms with Crippen LogP contribution in [-0.2, 0) is 13.0 Å². The molecular formula is C23H19ClN4O4S. The molecule has 2 heterocycles. The Balaban J connectivity index is 1.30. The maximum absolute atomic E-state index is 12.6. The Morgan fingerprint density at radius 2 is 1.88 bits per heavy atom. The van der Waals surface area contributed by atoms with Crippen LogP contribution in [0.15, 0.2) is 71.3 Å². The molecule has 0 aliphatic rings. The highest BCUT2D eigenvalue weighted by molar-refractivity contribution is 7.13. The van der Waals surface area contributed by atoms with E-state index in [0.29, 0.717) is 40.0 Å². The number of nitrogens with one attached hydrogen (secondary N) is 2. The summed E-state index contributed by atoms with van der Waals surface area (Å²) in [5.74, 6) is 0.780. The molecule has 0 aliphatic heterocycles. The predicted octanol–water partition coefficient (Wildman–Crippen LogP) is 4.59. The van der Waals surface area contributed by atoms with Gasteiger partial charge < -0.3 is 19.8 Å². The number of ether oxygens (including phenoxy) is 1. The van der Waals surface area contributed by atoms with Crippen molar-refractivity contribution in [1.29, 1.82) is 0 Å². The molecule has 0 saturated carbocycles. The first-order valence-electron chi connectivity index (χ1n) is 9.99. The van der Waals surface area contributed by atoms with Gasteiger partial charge in [0, 0.05) is 29.2 Å². The molecule has 0 atom stereocenters. The monoisotopic (exact) mass is 482 g/mol. The standard InChI is InChI=1S/C23H19ClN4O4S/c24-16-6-8-19(9-7-16)32-14-20-27-28-23(33-20)22(30)26-17-4-1-3-15(13-17)21(29)25-11-10-18-5-2-12-31-18/h1-9,12-13H,10-11,14H2,(H,25,29)(H,26,30). The van der Waals surface area contributed by atoms with Crippen LogP contribution in [0.3, 0.4) is 0 Å². The second-order valence-corrected chi connectivity index (χ2v) is 8.36.